The quantitative estimate of drug-likeness (QED) is 0.786. The Morgan fingerprint density at radius 2 is 2.06 bits per heavy atom. The highest BCUT2D eigenvalue weighted by atomic mass is 35.5. The normalized spacial score (nSPS) is 12.9. The van der Waals surface area contributed by atoms with Gasteiger partial charge in [0, 0.05) is 10.8 Å². The molecule has 0 aliphatic rings. The van der Waals surface area contributed by atoms with E-state index >= 15 is 0 Å². The lowest BCUT2D eigenvalue weighted by atomic mass is 9.93. The molecule has 0 N–H and O–H groups in total. The van der Waals surface area contributed by atoms with Crippen molar-refractivity contribution >= 4 is 28.7 Å². The minimum absolute atomic E-state index is 0.152. The zero-order valence-corrected chi connectivity index (χ0v) is 10.8. The maximum Gasteiger partial charge on any atom is 0.380 e. The molecule has 0 atom stereocenters. The highest BCUT2D eigenvalue weighted by Crippen LogP contribution is 2.26. The molecule has 1 aromatic heterocycles. The summed E-state index contributed by atoms with van der Waals surface area (Å²) in [6.45, 7) is 5.89. The molecular formula is C10H12ClF2NOS. The maximum atomic E-state index is 12.4. The number of hydrogen-bond donors (Lipinski definition) is 0. The first-order chi connectivity index (χ1) is 7.10. The third-order valence-corrected chi connectivity index (χ3v) is 3.01. The van der Waals surface area contributed by atoms with Crippen LogP contribution in [0.3, 0.4) is 0 Å². The van der Waals surface area contributed by atoms with Crippen molar-refractivity contribution in [2.24, 2.45) is 0 Å². The van der Waals surface area contributed by atoms with Gasteiger partial charge in [0.2, 0.25) is 5.78 Å². The predicted molar refractivity (Wildman–Crippen MR) is 60.3 cm³/mol. The fraction of sp³-hybridized carbons (Fsp3) is 0.600. The third-order valence-electron chi connectivity index (χ3n) is 1.95. The van der Waals surface area contributed by atoms with Crippen LogP contribution in [0.2, 0.25) is 0 Å². The topological polar surface area (TPSA) is 30.0 Å². The first-order valence-corrected chi connectivity index (χ1v) is 5.91. The monoisotopic (exact) mass is 267 g/mol. The van der Waals surface area contributed by atoms with Gasteiger partial charge in [0.05, 0.1) is 12.1 Å². The summed E-state index contributed by atoms with van der Waals surface area (Å²) in [6.07, 6.45) is -0.419. The molecular weight excluding hydrogens is 256 g/mol. The van der Waals surface area contributed by atoms with Gasteiger partial charge in [-0.1, -0.05) is 20.8 Å². The van der Waals surface area contributed by atoms with E-state index in [-0.39, 0.29) is 5.41 Å². The van der Waals surface area contributed by atoms with Crippen molar-refractivity contribution in [2.75, 3.05) is 0 Å². The van der Waals surface area contributed by atoms with Crippen LogP contribution >= 0.6 is 22.9 Å². The van der Waals surface area contributed by atoms with Crippen molar-refractivity contribution in [2.45, 2.75) is 38.0 Å². The number of carbonyl (C=O) groups excluding carboxylic acids is 1. The molecule has 0 aromatic carbocycles. The molecule has 0 fully saturated rings. The van der Waals surface area contributed by atoms with Crippen LogP contribution in [0.25, 0.3) is 0 Å². The number of nitrogens with zero attached hydrogens (tertiary/aromatic N) is 1. The van der Waals surface area contributed by atoms with Gasteiger partial charge in [-0.05, 0) is 11.6 Å². The third kappa shape index (κ3) is 3.49. The first kappa shape index (κ1) is 13.5. The van der Waals surface area contributed by atoms with Gasteiger partial charge in [-0.2, -0.15) is 8.78 Å². The van der Waals surface area contributed by atoms with Crippen molar-refractivity contribution < 1.29 is 13.6 Å². The van der Waals surface area contributed by atoms with E-state index in [1.165, 1.54) is 11.3 Å². The van der Waals surface area contributed by atoms with Gasteiger partial charge in [-0.25, -0.2) is 4.98 Å². The van der Waals surface area contributed by atoms with E-state index in [0.717, 1.165) is 5.69 Å². The Balaban J connectivity index is 2.78. The summed E-state index contributed by atoms with van der Waals surface area (Å²) in [4.78, 5) is 15.1. The number of ketones is 1. The highest BCUT2D eigenvalue weighted by Gasteiger charge is 2.35. The standard InChI is InChI=1S/C10H12ClF2NOS/c1-9(2,3)6-5-16-8(14-6)4-7(15)10(11,12)13/h5H,4H2,1-3H3. The number of thiazole rings is 1. The number of carbonyl (C=O) groups is 1. The van der Waals surface area contributed by atoms with Crippen molar-refractivity contribution in [3.63, 3.8) is 0 Å². The second kappa shape index (κ2) is 4.37. The Labute approximate surface area is 102 Å². The molecule has 0 saturated carbocycles. The summed E-state index contributed by atoms with van der Waals surface area (Å²) in [7, 11) is 0. The summed E-state index contributed by atoms with van der Waals surface area (Å²) >= 11 is 5.82. The van der Waals surface area contributed by atoms with Crippen LogP contribution in [0.4, 0.5) is 8.78 Å². The second-order valence-electron chi connectivity index (χ2n) is 4.47. The fourth-order valence-corrected chi connectivity index (χ4v) is 2.06. The number of rotatable bonds is 3. The summed E-state index contributed by atoms with van der Waals surface area (Å²) in [5.41, 5.74) is 0.638. The average Bonchev–Trinajstić information content (AvgIpc) is 2.49. The van der Waals surface area contributed by atoms with E-state index in [1.807, 2.05) is 20.8 Å². The lowest BCUT2D eigenvalue weighted by Crippen LogP contribution is -2.23. The molecule has 1 rings (SSSR count). The van der Waals surface area contributed by atoms with Crippen LogP contribution in [0.1, 0.15) is 31.5 Å². The van der Waals surface area contributed by atoms with Crippen LogP contribution in [-0.4, -0.2) is 16.1 Å². The second-order valence-corrected chi connectivity index (χ2v) is 5.89. The zero-order chi connectivity index (χ0) is 12.6. The van der Waals surface area contributed by atoms with E-state index in [0.29, 0.717) is 5.01 Å². The van der Waals surface area contributed by atoms with Crippen molar-refractivity contribution in [3.05, 3.63) is 16.1 Å². The van der Waals surface area contributed by atoms with Crippen molar-refractivity contribution in [1.29, 1.82) is 0 Å². The van der Waals surface area contributed by atoms with Gasteiger partial charge in [0.15, 0.2) is 0 Å². The van der Waals surface area contributed by atoms with E-state index in [9.17, 15) is 13.6 Å². The number of hydrogen-bond acceptors (Lipinski definition) is 3. The van der Waals surface area contributed by atoms with Gasteiger partial charge < -0.3 is 0 Å². The number of alkyl halides is 3. The van der Waals surface area contributed by atoms with E-state index in [4.69, 9.17) is 0 Å². The lowest BCUT2D eigenvalue weighted by molar-refractivity contribution is -0.132. The van der Waals surface area contributed by atoms with Crippen LogP contribution in [0, 0.1) is 0 Å². The first-order valence-electron chi connectivity index (χ1n) is 4.65. The Kier molecular flexibility index (Phi) is 3.69. The van der Waals surface area contributed by atoms with Crippen LogP contribution in [-0.2, 0) is 16.6 Å². The molecule has 90 valence electrons. The molecule has 0 aliphatic heterocycles. The molecule has 0 radical (unpaired) electrons. The largest absolute Gasteiger partial charge is 0.380 e. The molecule has 0 saturated heterocycles. The smallest absolute Gasteiger partial charge is 0.291 e. The van der Waals surface area contributed by atoms with Crippen molar-refractivity contribution in [1.82, 2.24) is 4.98 Å². The minimum atomic E-state index is -3.80. The van der Waals surface area contributed by atoms with Gasteiger partial charge >= 0.3 is 5.38 Å². The van der Waals surface area contributed by atoms with Crippen molar-refractivity contribution in [3.8, 4) is 0 Å². The van der Waals surface area contributed by atoms with Gasteiger partial charge in [0.25, 0.3) is 0 Å². The summed E-state index contributed by atoms with van der Waals surface area (Å²) in [5.74, 6) is -1.32. The SMILES string of the molecule is CC(C)(C)c1csc(CC(=O)C(F)(F)Cl)n1. The summed E-state index contributed by atoms with van der Waals surface area (Å²) in [5, 5.41) is -1.65. The summed E-state index contributed by atoms with van der Waals surface area (Å²) in [6, 6.07) is 0. The average molecular weight is 268 g/mol. The number of Topliss-reactive ketones (excluding diaryl/α,β-unsaturated/α-hetero) is 1. The molecule has 0 unspecified atom stereocenters. The Bertz CT molecular complexity index is 392. The van der Waals surface area contributed by atoms with Crippen LogP contribution in [0.5, 0.6) is 0 Å². The summed E-state index contributed by atoms with van der Waals surface area (Å²) < 4.78 is 24.9. The van der Waals surface area contributed by atoms with Gasteiger partial charge in [-0.15, -0.1) is 11.3 Å². The fourth-order valence-electron chi connectivity index (χ4n) is 0.974. The predicted octanol–water partition coefficient (Wildman–Crippen LogP) is 3.38. The molecule has 1 aromatic rings. The zero-order valence-electron chi connectivity index (χ0n) is 9.18. The molecule has 2 nitrogen and oxygen atoms in total. The molecule has 0 spiro atoms. The van der Waals surface area contributed by atoms with Gasteiger partial charge in [-0.3, -0.25) is 4.79 Å². The Morgan fingerprint density at radius 3 is 2.44 bits per heavy atom. The Morgan fingerprint density at radius 1 is 1.50 bits per heavy atom. The van der Waals surface area contributed by atoms with Gasteiger partial charge in [0.1, 0.15) is 5.01 Å². The molecule has 0 bridgehead atoms. The number of aromatic nitrogens is 1. The van der Waals surface area contributed by atoms with E-state index in [2.05, 4.69) is 16.6 Å². The lowest BCUT2D eigenvalue weighted by Gasteiger charge is -2.14. The highest BCUT2D eigenvalue weighted by molar-refractivity contribution is 7.09. The molecule has 16 heavy (non-hydrogen) atoms. The maximum absolute atomic E-state index is 12.4. The Hall–Kier alpha value is -0.550. The molecule has 0 amide bonds. The van der Waals surface area contributed by atoms with Crippen LogP contribution in [0.15, 0.2) is 5.38 Å². The molecule has 1 heterocycles. The minimum Gasteiger partial charge on any atom is -0.291 e. The van der Waals surface area contributed by atoms with E-state index in [1.54, 1.807) is 5.38 Å². The molecule has 0 aliphatic carbocycles. The van der Waals surface area contributed by atoms with E-state index < -0.39 is 17.6 Å². The molecule has 6 heteroatoms. The van der Waals surface area contributed by atoms with Crippen LogP contribution < -0.4 is 0 Å². The number of halogens is 3.